The minimum Gasteiger partial charge on any atom is -0.405 e. The van der Waals surface area contributed by atoms with E-state index < -0.39 is 95.9 Å². The zero-order chi connectivity index (χ0) is 88.8. The Kier molecular flexibility index (Phi) is 38.1. The van der Waals surface area contributed by atoms with E-state index in [1.165, 1.54) is 19.0 Å². The summed E-state index contributed by atoms with van der Waals surface area (Å²) in [4.78, 5) is 11.6. The van der Waals surface area contributed by atoms with E-state index in [0.717, 1.165) is 111 Å². The van der Waals surface area contributed by atoms with Crippen molar-refractivity contribution in [2.45, 2.75) is 222 Å². The van der Waals surface area contributed by atoms with Gasteiger partial charge in [0, 0.05) is 77.2 Å². The van der Waals surface area contributed by atoms with Crippen molar-refractivity contribution in [2.75, 3.05) is 54.2 Å². The lowest BCUT2D eigenvalue weighted by molar-refractivity contribution is 0.00578. The number of nitrogen functional groups attached to an aromatic ring is 1. The van der Waals surface area contributed by atoms with Gasteiger partial charge in [-0.15, -0.1) is 12.4 Å². The van der Waals surface area contributed by atoms with Gasteiger partial charge < -0.3 is 47.9 Å². The first-order valence-corrected chi connectivity index (χ1v) is 58.3. The Balaban J connectivity index is 0.000000272. The third kappa shape index (κ3) is 30.1. The zero-order valence-corrected chi connectivity index (χ0v) is 84.4. The van der Waals surface area contributed by atoms with Crippen LogP contribution in [0.3, 0.4) is 0 Å². The van der Waals surface area contributed by atoms with Crippen molar-refractivity contribution in [1.82, 2.24) is 15.0 Å². The summed E-state index contributed by atoms with van der Waals surface area (Å²) >= 11 is 9.05. The molecule has 3 aliphatic rings. The number of benzene rings is 6. The van der Waals surface area contributed by atoms with Gasteiger partial charge in [0.25, 0.3) is 29.1 Å². The molecule has 22 nitrogen and oxygen atoms in total. The molecule has 3 saturated heterocycles. The van der Waals surface area contributed by atoms with Crippen molar-refractivity contribution in [3.8, 4) is 6.07 Å². The van der Waals surface area contributed by atoms with Crippen molar-refractivity contribution in [1.29, 1.82) is 5.26 Å². The van der Waals surface area contributed by atoms with Gasteiger partial charge in [0.05, 0.1) is 73.0 Å². The molecule has 9 aromatic rings. The molecule has 3 fully saturated rings. The second-order valence-electron chi connectivity index (χ2n) is 34.3. The van der Waals surface area contributed by atoms with Crippen molar-refractivity contribution < 1.29 is 80.6 Å². The average Bonchev–Trinajstić information content (AvgIpc) is 1.21. The minimum absolute atomic E-state index is 0. The maximum absolute atomic E-state index is 13.8. The number of nitrogens with zero attached hydrogens (tertiary/aromatic N) is 6. The number of aromatic nitrogens is 3. The summed E-state index contributed by atoms with van der Waals surface area (Å²) in [6.45, 7) is 50.3. The second-order valence-corrected chi connectivity index (χ2v) is 62.1. The predicted octanol–water partition coefficient (Wildman–Crippen LogP) is 20.9. The summed E-state index contributed by atoms with van der Waals surface area (Å²) in [6.07, 6.45) is 3.13. The number of hydrogen-bond acceptors (Lipinski definition) is 23. The first-order chi connectivity index (χ1) is 54.3. The van der Waals surface area contributed by atoms with Crippen molar-refractivity contribution in [2.24, 2.45) is 0 Å². The lowest BCUT2D eigenvalue weighted by atomic mass is 9.49. The Hall–Kier alpha value is -4.45. The van der Waals surface area contributed by atoms with Crippen LogP contribution >= 0.6 is 89.0 Å². The number of ether oxygens (including phenoxy) is 3. The second kappa shape index (κ2) is 43.2. The lowest BCUT2D eigenvalue weighted by Crippen LogP contribution is -2.41. The fourth-order valence-corrected chi connectivity index (χ4v) is 19.5. The van der Waals surface area contributed by atoms with Gasteiger partial charge in [-0.25, -0.2) is 48.8 Å². The molecule has 41 heteroatoms. The monoisotopic (exact) mass is 1980 g/mol. The van der Waals surface area contributed by atoms with E-state index in [1.807, 2.05) is 145 Å². The molecule has 0 saturated carbocycles. The molecular weight excluding hydrogens is 1870 g/mol. The van der Waals surface area contributed by atoms with Crippen LogP contribution < -0.4 is 19.8 Å². The van der Waals surface area contributed by atoms with Crippen LogP contribution in [0.5, 0.6) is 0 Å². The summed E-state index contributed by atoms with van der Waals surface area (Å²) in [7, 11) is -11.5. The van der Waals surface area contributed by atoms with E-state index in [-0.39, 0.29) is 83.5 Å². The van der Waals surface area contributed by atoms with Crippen LogP contribution in [0.25, 0.3) is 32.3 Å². The minimum atomic E-state index is -4.08. The Bertz CT molecular complexity index is 5160. The quantitative estimate of drug-likeness (QED) is 0.0269. The standard InChI is InChI=1S/C25H34BFN2O5S2Si.C19H22BrFN2O3S2Si.C12H24B2O4.C10H6BrClO2S.C7H18OSi.C3H3FN2S.C2H3N.ClH/c1-24(2)25(3,4)34-26(33-24)21-10-8-9-18-15-19(11-12-20(18)21)36(30,31)29(23-28-16-22(27)35-23)17-32-13-14-37(5,6)7;1-29(2,3)10-9-26-13-23(19-22-12-18(21)27-19)28(24,25)15-7-8-16-14(11-15)5-4-6-17(16)20;1-9(2)10(3,4)16-13(15-9)14-17-11(5,6)12(7,8)18-14;11-10-3-1-2-7-6-8(15(12,13)14)4-5-9(7)10;1-5-8-6-7-9(2,3)4;4-2-1-6-3(5)7-2;1-2-3;/h8-12,15-16H,13-14,17H2,1-7H3;4-8,11-12H,9-10,13H2,1-3H3;1-8H3;1-6H;5-7H2,1-4H3;1H,(H2,5,6);1H3;1H. The summed E-state index contributed by atoms with van der Waals surface area (Å²) in [5, 5.41) is 11.3. The molecule has 0 atom stereocenters. The molecular formula is C78H111B3Br2Cl2F3N7O15S6Si3. The highest BCUT2D eigenvalue weighted by Crippen LogP contribution is 2.44. The molecule has 0 unspecified atom stereocenters. The Morgan fingerprint density at radius 1 is 0.496 bits per heavy atom. The number of hydrogen-bond donors (Lipinski definition) is 1. The summed E-state index contributed by atoms with van der Waals surface area (Å²) in [6, 6.07) is 36.2. The highest BCUT2D eigenvalue weighted by Gasteiger charge is 2.64. The molecule has 0 spiro atoms. The molecule has 6 heterocycles. The van der Waals surface area contributed by atoms with Crippen LogP contribution in [-0.2, 0) is 71.2 Å². The maximum atomic E-state index is 13.8. The Labute approximate surface area is 745 Å². The van der Waals surface area contributed by atoms with Crippen LogP contribution in [0, 0.1) is 26.7 Å². The van der Waals surface area contributed by atoms with E-state index in [1.54, 1.807) is 54.6 Å². The first-order valence-electron chi connectivity index (χ1n) is 37.9. The summed E-state index contributed by atoms with van der Waals surface area (Å²) < 4.78 is 172. The highest BCUT2D eigenvalue weighted by molar-refractivity contribution is 9.11. The summed E-state index contributed by atoms with van der Waals surface area (Å²) in [5.74, 6) is 0. The number of rotatable bonds is 23. The molecule has 6 aromatic carbocycles. The molecule has 2 N–H and O–H groups in total. The Morgan fingerprint density at radius 2 is 0.807 bits per heavy atom. The zero-order valence-electron chi connectivity index (χ0n) is 71.7. The number of fused-ring (bicyclic) bond motifs is 3. The van der Waals surface area contributed by atoms with Crippen LogP contribution in [0.4, 0.5) is 28.6 Å². The fourth-order valence-electron chi connectivity index (χ4n) is 10.7. The molecule has 0 radical (unpaired) electrons. The maximum Gasteiger partial charge on any atom is 0.495 e. The molecule has 0 bridgehead atoms. The molecule has 3 aromatic heterocycles. The highest BCUT2D eigenvalue weighted by atomic mass is 79.9. The van der Waals surface area contributed by atoms with E-state index in [0.29, 0.717) is 35.9 Å². The third-order valence-electron chi connectivity index (χ3n) is 19.7. The molecule has 12 rings (SSSR count). The van der Waals surface area contributed by atoms with E-state index in [4.69, 9.17) is 63.8 Å². The summed E-state index contributed by atoms with van der Waals surface area (Å²) in [5.41, 5.74) is 3.44. The van der Waals surface area contributed by atoms with Crippen LogP contribution in [0.1, 0.15) is 96.9 Å². The van der Waals surface area contributed by atoms with E-state index in [9.17, 15) is 38.4 Å². The van der Waals surface area contributed by atoms with E-state index in [2.05, 4.69) is 106 Å². The van der Waals surface area contributed by atoms with Gasteiger partial charge in [0.1, 0.15) is 13.5 Å². The van der Waals surface area contributed by atoms with Gasteiger partial charge in [0.15, 0.2) is 20.5 Å². The first kappa shape index (κ1) is 105. The third-order valence-corrected chi connectivity index (χ3v) is 33.4. The van der Waals surface area contributed by atoms with Crippen LogP contribution in [-0.4, -0.2) is 159 Å². The SMILES string of the molecule is CC#N.CC1(C)OB(B2OC(C)(C)C(C)(C)O2)OC1(C)C.CC1(C)OB(c2cccc3cc(S(=O)(=O)N(COCC[Si](C)(C)C)c4ncc(F)s4)ccc23)OC1(C)C.CCOCC[Si](C)(C)C.C[Si](C)(C)CCOCN(c1ncc(F)s1)S(=O)(=O)c1ccc2c(Br)cccc2c1.Cl.Nc1ncc(F)s1.O=S(=O)(Cl)c1ccc2c(Br)cccc2c1. The van der Waals surface area contributed by atoms with Crippen molar-refractivity contribution >= 4 is 217 Å². The normalized spacial score (nSPS) is 16.3. The largest absolute Gasteiger partial charge is 0.495 e. The predicted molar refractivity (Wildman–Crippen MR) is 499 cm³/mol. The molecule has 654 valence electrons. The fraction of sp³-hybridized carbons (Fsp3) is 0.487. The molecule has 119 heavy (non-hydrogen) atoms. The number of halogens is 7. The van der Waals surface area contributed by atoms with Gasteiger partial charge in [-0.3, -0.25) is 0 Å². The van der Waals surface area contributed by atoms with Crippen molar-refractivity contribution in [3.63, 3.8) is 0 Å². The number of anilines is 3. The molecule has 0 aliphatic carbocycles. The van der Waals surface area contributed by atoms with Crippen LogP contribution in [0.2, 0.25) is 77.1 Å². The number of sulfonamides is 2. The Morgan fingerprint density at radius 3 is 1.12 bits per heavy atom. The van der Waals surface area contributed by atoms with Gasteiger partial charge >= 0.3 is 21.1 Å². The molecule has 3 aliphatic heterocycles. The molecule has 0 amide bonds. The van der Waals surface area contributed by atoms with Gasteiger partial charge in [-0.2, -0.15) is 18.4 Å². The van der Waals surface area contributed by atoms with Gasteiger partial charge in [0.2, 0.25) is 10.3 Å². The smallest absolute Gasteiger partial charge is 0.405 e. The number of thiazole rings is 3. The van der Waals surface area contributed by atoms with Gasteiger partial charge in [-0.1, -0.05) is 185 Å². The van der Waals surface area contributed by atoms with E-state index >= 15 is 0 Å². The number of nitriles is 1. The van der Waals surface area contributed by atoms with Crippen LogP contribution in [0.15, 0.2) is 151 Å². The topological polar surface area (TPSA) is 280 Å². The van der Waals surface area contributed by atoms with Gasteiger partial charge in [-0.05, 0) is 194 Å². The number of nitrogens with two attached hydrogens (primary N) is 1. The average molecular weight is 1980 g/mol. The lowest BCUT2D eigenvalue weighted by Gasteiger charge is -2.32. The van der Waals surface area contributed by atoms with Crippen molar-refractivity contribution in [3.05, 3.63) is 152 Å².